The Balaban J connectivity index is 2.08. The van der Waals surface area contributed by atoms with E-state index in [4.69, 9.17) is 4.74 Å². The van der Waals surface area contributed by atoms with Crippen molar-refractivity contribution in [3.8, 4) is 0 Å². The Labute approximate surface area is 112 Å². The van der Waals surface area contributed by atoms with Gasteiger partial charge < -0.3 is 15.0 Å². The van der Waals surface area contributed by atoms with Gasteiger partial charge in [0.2, 0.25) is 0 Å². The van der Waals surface area contributed by atoms with Crippen LogP contribution in [0.1, 0.15) is 5.56 Å². The van der Waals surface area contributed by atoms with E-state index in [-0.39, 0.29) is 0 Å². The quantitative estimate of drug-likeness (QED) is 0.487. The molecule has 0 spiro atoms. The van der Waals surface area contributed by atoms with E-state index in [2.05, 4.69) is 27.1 Å². The van der Waals surface area contributed by atoms with Gasteiger partial charge >= 0.3 is 0 Å². The van der Waals surface area contributed by atoms with Crippen molar-refractivity contribution in [2.24, 2.45) is 0 Å². The zero-order valence-corrected chi connectivity index (χ0v) is 11.8. The van der Waals surface area contributed by atoms with E-state index in [0.717, 1.165) is 49.4 Å². The number of ether oxygens (including phenoxy) is 1. The SMILES string of the molecule is CNCCSc1ncnc(N2CCOCC2)c1C. The topological polar surface area (TPSA) is 50.3 Å². The molecular formula is C12H20N4OS. The van der Waals surface area contributed by atoms with Gasteiger partial charge in [0.15, 0.2) is 0 Å². The molecule has 2 heterocycles. The van der Waals surface area contributed by atoms with Crippen molar-refractivity contribution >= 4 is 17.6 Å². The van der Waals surface area contributed by atoms with Gasteiger partial charge in [-0.3, -0.25) is 0 Å². The molecule has 1 aromatic rings. The summed E-state index contributed by atoms with van der Waals surface area (Å²) in [5, 5.41) is 4.23. The summed E-state index contributed by atoms with van der Waals surface area (Å²) in [4.78, 5) is 11.1. The molecule has 1 saturated heterocycles. The summed E-state index contributed by atoms with van der Waals surface area (Å²) in [6, 6.07) is 0. The lowest BCUT2D eigenvalue weighted by atomic mass is 10.3. The van der Waals surface area contributed by atoms with Gasteiger partial charge in [-0.25, -0.2) is 9.97 Å². The number of nitrogens with zero attached hydrogens (tertiary/aromatic N) is 3. The monoisotopic (exact) mass is 268 g/mol. The third-order valence-electron chi connectivity index (χ3n) is 2.91. The van der Waals surface area contributed by atoms with Gasteiger partial charge in [-0.05, 0) is 14.0 Å². The van der Waals surface area contributed by atoms with Crippen LogP contribution in [0.5, 0.6) is 0 Å². The van der Waals surface area contributed by atoms with Gasteiger partial charge in [-0.1, -0.05) is 0 Å². The Hall–Kier alpha value is -0.850. The Kier molecular flexibility index (Phi) is 5.22. The highest BCUT2D eigenvalue weighted by atomic mass is 32.2. The van der Waals surface area contributed by atoms with Gasteiger partial charge in [0.25, 0.3) is 0 Å². The van der Waals surface area contributed by atoms with Crippen LogP contribution in [-0.4, -0.2) is 55.6 Å². The average molecular weight is 268 g/mol. The first-order chi connectivity index (χ1) is 8.83. The molecule has 1 N–H and O–H groups in total. The number of rotatable bonds is 5. The molecule has 18 heavy (non-hydrogen) atoms. The van der Waals surface area contributed by atoms with E-state index in [1.54, 1.807) is 18.1 Å². The molecule has 0 bridgehead atoms. The van der Waals surface area contributed by atoms with E-state index in [1.807, 2.05) is 7.05 Å². The second-order valence-electron chi connectivity index (χ2n) is 4.18. The lowest BCUT2D eigenvalue weighted by Crippen LogP contribution is -2.37. The second kappa shape index (κ2) is 6.92. The van der Waals surface area contributed by atoms with Crippen molar-refractivity contribution in [3.05, 3.63) is 11.9 Å². The van der Waals surface area contributed by atoms with Crippen LogP contribution >= 0.6 is 11.8 Å². The van der Waals surface area contributed by atoms with E-state index in [9.17, 15) is 0 Å². The maximum absolute atomic E-state index is 5.37. The Morgan fingerprint density at radius 2 is 2.17 bits per heavy atom. The molecular weight excluding hydrogens is 248 g/mol. The van der Waals surface area contributed by atoms with Crippen LogP contribution < -0.4 is 10.2 Å². The van der Waals surface area contributed by atoms with Crippen molar-refractivity contribution in [1.82, 2.24) is 15.3 Å². The van der Waals surface area contributed by atoms with E-state index >= 15 is 0 Å². The number of nitrogens with one attached hydrogen (secondary N) is 1. The summed E-state index contributed by atoms with van der Waals surface area (Å²) in [6.45, 7) is 6.49. The van der Waals surface area contributed by atoms with Crippen LogP contribution in [0.2, 0.25) is 0 Å². The van der Waals surface area contributed by atoms with Crippen LogP contribution in [0.4, 0.5) is 5.82 Å². The minimum atomic E-state index is 0.783. The molecule has 0 radical (unpaired) electrons. The largest absolute Gasteiger partial charge is 0.378 e. The number of thioether (sulfide) groups is 1. The van der Waals surface area contributed by atoms with Gasteiger partial charge in [-0.2, -0.15) is 0 Å². The lowest BCUT2D eigenvalue weighted by Gasteiger charge is -2.29. The van der Waals surface area contributed by atoms with Gasteiger partial charge in [-0.15, -0.1) is 11.8 Å². The average Bonchev–Trinajstić information content (AvgIpc) is 2.42. The zero-order chi connectivity index (χ0) is 12.8. The van der Waals surface area contributed by atoms with Crippen LogP contribution in [0.25, 0.3) is 0 Å². The predicted molar refractivity (Wildman–Crippen MR) is 74.5 cm³/mol. The van der Waals surface area contributed by atoms with Crippen molar-refractivity contribution in [3.63, 3.8) is 0 Å². The number of hydrogen-bond acceptors (Lipinski definition) is 6. The lowest BCUT2D eigenvalue weighted by molar-refractivity contribution is 0.122. The minimum absolute atomic E-state index is 0.783. The Morgan fingerprint density at radius 1 is 1.39 bits per heavy atom. The fraction of sp³-hybridized carbons (Fsp3) is 0.667. The number of anilines is 1. The fourth-order valence-electron chi connectivity index (χ4n) is 1.91. The smallest absolute Gasteiger partial charge is 0.136 e. The van der Waals surface area contributed by atoms with Crippen LogP contribution in [0.3, 0.4) is 0 Å². The summed E-state index contributed by atoms with van der Waals surface area (Å²) in [5.74, 6) is 2.08. The van der Waals surface area contributed by atoms with Crippen molar-refractivity contribution in [2.75, 3.05) is 50.5 Å². The first-order valence-corrected chi connectivity index (χ1v) is 7.23. The van der Waals surface area contributed by atoms with Gasteiger partial charge in [0.05, 0.1) is 13.2 Å². The zero-order valence-electron chi connectivity index (χ0n) is 11.0. The maximum atomic E-state index is 5.37. The van der Waals surface area contributed by atoms with E-state index in [0.29, 0.717) is 0 Å². The highest BCUT2D eigenvalue weighted by molar-refractivity contribution is 7.99. The summed E-state index contributed by atoms with van der Waals surface area (Å²) in [5.41, 5.74) is 1.18. The van der Waals surface area contributed by atoms with Crippen molar-refractivity contribution in [2.45, 2.75) is 11.9 Å². The molecule has 2 rings (SSSR count). The fourth-order valence-corrected chi connectivity index (χ4v) is 2.84. The predicted octanol–water partition coefficient (Wildman–Crippen LogP) is 0.933. The van der Waals surface area contributed by atoms with Crippen molar-refractivity contribution in [1.29, 1.82) is 0 Å². The summed E-state index contributed by atoms with van der Waals surface area (Å²) in [6.07, 6.45) is 1.67. The number of morpholine rings is 1. The van der Waals surface area contributed by atoms with Gasteiger partial charge in [0, 0.05) is 31.0 Å². The molecule has 0 aromatic carbocycles. The molecule has 6 heteroatoms. The third kappa shape index (κ3) is 3.34. The molecule has 0 aliphatic carbocycles. The van der Waals surface area contributed by atoms with E-state index in [1.165, 1.54) is 5.56 Å². The summed E-state index contributed by atoms with van der Waals surface area (Å²) in [7, 11) is 1.96. The highest BCUT2D eigenvalue weighted by Crippen LogP contribution is 2.26. The highest BCUT2D eigenvalue weighted by Gasteiger charge is 2.16. The van der Waals surface area contributed by atoms with Crippen LogP contribution in [0.15, 0.2) is 11.4 Å². The Bertz CT molecular complexity index is 382. The number of aromatic nitrogens is 2. The minimum Gasteiger partial charge on any atom is -0.378 e. The molecule has 100 valence electrons. The normalized spacial score (nSPS) is 16.0. The molecule has 0 atom stereocenters. The summed E-state index contributed by atoms with van der Waals surface area (Å²) >= 11 is 1.78. The first kappa shape index (κ1) is 13.6. The Morgan fingerprint density at radius 3 is 2.89 bits per heavy atom. The molecule has 5 nitrogen and oxygen atoms in total. The molecule has 1 aromatic heterocycles. The number of hydrogen-bond donors (Lipinski definition) is 1. The standard InChI is InChI=1S/C12H20N4OS/c1-10-11(16-4-6-17-7-5-16)14-9-15-12(10)18-8-3-13-2/h9,13H,3-8H2,1-2H3. The molecule has 1 fully saturated rings. The maximum Gasteiger partial charge on any atom is 0.136 e. The van der Waals surface area contributed by atoms with E-state index < -0.39 is 0 Å². The third-order valence-corrected chi connectivity index (χ3v) is 4.01. The molecule has 1 aliphatic rings. The molecule has 0 saturated carbocycles. The molecule has 0 unspecified atom stereocenters. The second-order valence-corrected chi connectivity index (χ2v) is 5.26. The molecule has 0 amide bonds. The first-order valence-electron chi connectivity index (χ1n) is 6.24. The van der Waals surface area contributed by atoms with Gasteiger partial charge in [0.1, 0.15) is 17.2 Å². The van der Waals surface area contributed by atoms with Crippen molar-refractivity contribution < 1.29 is 4.74 Å². The van der Waals surface area contributed by atoms with Crippen LogP contribution in [0, 0.1) is 6.92 Å². The summed E-state index contributed by atoms with van der Waals surface area (Å²) < 4.78 is 5.37. The molecule has 1 aliphatic heterocycles. The van der Waals surface area contributed by atoms with Crippen LogP contribution in [-0.2, 0) is 4.74 Å².